The Hall–Kier alpha value is -1.20. The maximum Gasteiger partial charge on any atom is 0.139 e. The molecule has 0 amide bonds. The second-order valence-corrected chi connectivity index (χ2v) is 6.36. The SMILES string of the molecule is CCC(C)N1CCN(c2nc(C)cc(C)c2C(N)=S)CC1. The zero-order valence-electron chi connectivity index (χ0n) is 13.5. The van der Waals surface area contributed by atoms with E-state index in [1.165, 1.54) is 6.42 Å². The zero-order valence-corrected chi connectivity index (χ0v) is 14.3. The number of aryl methyl sites for hydroxylation is 2. The van der Waals surface area contributed by atoms with Crippen molar-refractivity contribution in [3.05, 3.63) is 22.9 Å². The van der Waals surface area contributed by atoms with Gasteiger partial charge in [-0.05, 0) is 38.8 Å². The average Bonchev–Trinajstić information content (AvgIpc) is 2.45. The van der Waals surface area contributed by atoms with Crippen molar-refractivity contribution < 1.29 is 0 Å². The highest BCUT2D eigenvalue weighted by atomic mass is 32.1. The van der Waals surface area contributed by atoms with Crippen molar-refractivity contribution in [3.63, 3.8) is 0 Å². The summed E-state index contributed by atoms with van der Waals surface area (Å²) in [5.74, 6) is 0.962. The number of nitrogens with zero attached hydrogens (tertiary/aromatic N) is 3. The van der Waals surface area contributed by atoms with Crippen LogP contribution in [0.25, 0.3) is 0 Å². The standard InChI is InChI=1S/C16H26N4S/c1-5-13(4)19-6-8-20(9-7-19)16-14(15(17)21)11(2)10-12(3)18-16/h10,13H,5-9H2,1-4H3,(H2,17,21). The molecule has 0 spiro atoms. The van der Waals surface area contributed by atoms with Gasteiger partial charge in [0.15, 0.2) is 0 Å². The van der Waals surface area contributed by atoms with Crippen LogP contribution in [0.1, 0.15) is 37.1 Å². The molecule has 1 saturated heterocycles. The fourth-order valence-corrected chi connectivity index (χ4v) is 3.24. The van der Waals surface area contributed by atoms with Crippen molar-refractivity contribution >= 4 is 23.0 Å². The number of pyridine rings is 1. The molecule has 0 aliphatic carbocycles. The predicted octanol–water partition coefficient (Wildman–Crippen LogP) is 2.25. The average molecular weight is 306 g/mol. The van der Waals surface area contributed by atoms with Crippen LogP contribution in [-0.2, 0) is 0 Å². The molecule has 0 saturated carbocycles. The smallest absolute Gasteiger partial charge is 0.139 e. The van der Waals surface area contributed by atoms with Crippen molar-refractivity contribution in [1.82, 2.24) is 9.88 Å². The van der Waals surface area contributed by atoms with Gasteiger partial charge in [-0.1, -0.05) is 19.1 Å². The summed E-state index contributed by atoms with van der Waals surface area (Å²) in [5.41, 5.74) is 9.00. The number of rotatable bonds is 4. The third kappa shape index (κ3) is 3.52. The molecule has 21 heavy (non-hydrogen) atoms. The van der Waals surface area contributed by atoms with Crippen LogP contribution in [0.5, 0.6) is 0 Å². The zero-order chi connectivity index (χ0) is 15.6. The van der Waals surface area contributed by atoms with Crippen LogP contribution in [0.2, 0.25) is 0 Å². The topological polar surface area (TPSA) is 45.4 Å². The highest BCUT2D eigenvalue weighted by Gasteiger charge is 2.24. The lowest BCUT2D eigenvalue weighted by Gasteiger charge is -2.39. The normalized spacial score (nSPS) is 17.8. The van der Waals surface area contributed by atoms with Gasteiger partial charge < -0.3 is 10.6 Å². The summed E-state index contributed by atoms with van der Waals surface area (Å²) in [6.07, 6.45) is 1.19. The molecule has 0 radical (unpaired) electrons. The van der Waals surface area contributed by atoms with Gasteiger partial charge in [-0.15, -0.1) is 0 Å². The molecule has 4 nitrogen and oxygen atoms in total. The fraction of sp³-hybridized carbons (Fsp3) is 0.625. The van der Waals surface area contributed by atoms with E-state index in [2.05, 4.69) is 30.6 Å². The van der Waals surface area contributed by atoms with Crippen molar-refractivity contribution in [1.29, 1.82) is 0 Å². The van der Waals surface area contributed by atoms with Crippen molar-refractivity contribution in [2.24, 2.45) is 5.73 Å². The molecule has 2 rings (SSSR count). The quantitative estimate of drug-likeness (QED) is 0.865. The predicted molar refractivity (Wildman–Crippen MR) is 93.1 cm³/mol. The number of hydrogen-bond acceptors (Lipinski definition) is 4. The molecule has 1 unspecified atom stereocenters. The second kappa shape index (κ2) is 6.71. The molecule has 1 atom stereocenters. The Morgan fingerprint density at radius 2 is 1.95 bits per heavy atom. The largest absolute Gasteiger partial charge is 0.389 e. The number of thiocarbonyl (C=S) groups is 1. The molecule has 0 aromatic carbocycles. The van der Waals surface area contributed by atoms with Crippen molar-refractivity contribution in [2.75, 3.05) is 31.1 Å². The van der Waals surface area contributed by atoms with E-state index in [-0.39, 0.29) is 0 Å². The molecule has 1 aliphatic heterocycles. The van der Waals surface area contributed by atoms with Gasteiger partial charge in [0.05, 0.1) is 5.56 Å². The molecule has 0 bridgehead atoms. The van der Waals surface area contributed by atoms with Gasteiger partial charge in [0.2, 0.25) is 0 Å². The van der Waals surface area contributed by atoms with E-state index in [4.69, 9.17) is 22.9 Å². The number of hydrogen-bond donors (Lipinski definition) is 1. The first-order valence-electron chi connectivity index (χ1n) is 7.71. The van der Waals surface area contributed by atoms with E-state index in [9.17, 15) is 0 Å². The molecule has 2 heterocycles. The van der Waals surface area contributed by atoms with E-state index in [1.807, 2.05) is 13.0 Å². The van der Waals surface area contributed by atoms with Crippen molar-refractivity contribution in [3.8, 4) is 0 Å². The van der Waals surface area contributed by atoms with E-state index < -0.39 is 0 Å². The minimum atomic E-state index is 0.444. The molecule has 116 valence electrons. The highest BCUT2D eigenvalue weighted by Crippen LogP contribution is 2.24. The Morgan fingerprint density at radius 1 is 1.33 bits per heavy atom. The van der Waals surface area contributed by atoms with Gasteiger partial charge in [0, 0.05) is 37.9 Å². The maximum absolute atomic E-state index is 5.92. The van der Waals surface area contributed by atoms with Gasteiger partial charge in [-0.3, -0.25) is 4.90 Å². The lowest BCUT2D eigenvalue weighted by molar-refractivity contribution is 0.192. The van der Waals surface area contributed by atoms with E-state index in [1.54, 1.807) is 0 Å². The number of piperazine rings is 1. The van der Waals surface area contributed by atoms with Crippen LogP contribution in [0.4, 0.5) is 5.82 Å². The third-order valence-electron chi connectivity index (χ3n) is 4.40. The van der Waals surface area contributed by atoms with Gasteiger partial charge >= 0.3 is 0 Å². The van der Waals surface area contributed by atoms with Gasteiger partial charge in [-0.2, -0.15) is 0 Å². The Balaban J connectivity index is 2.22. The van der Waals surface area contributed by atoms with E-state index in [0.717, 1.165) is 48.8 Å². The number of anilines is 1. The maximum atomic E-state index is 5.92. The molecule has 1 fully saturated rings. The molecule has 1 aromatic heterocycles. The van der Waals surface area contributed by atoms with Crippen LogP contribution in [0.3, 0.4) is 0 Å². The van der Waals surface area contributed by atoms with Crippen LogP contribution in [0.15, 0.2) is 6.07 Å². The first-order valence-corrected chi connectivity index (χ1v) is 8.12. The highest BCUT2D eigenvalue weighted by molar-refractivity contribution is 7.80. The summed E-state index contributed by atoms with van der Waals surface area (Å²) >= 11 is 5.23. The Morgan fingerprint density at radius 3 is 2.48 bits per heavy atom. The first kappa shape index (κ1) is 16.2. The Kier molecular flexibility index (Phi) is 5.17. The molecule has 1 aromatic rings. The summed E-state index contributed by atoms with van der Waals surface area (Å²) in [5, 5.41) is 0. The van der Waals surface area contributed by atoms with Gasteiger partial charge in [0.1, 0.15) is 10.8 Å². The summed E-state index contributed by atoms with van der Waals surface area (Å²) in [7, 11) is 0. The second-order valence-electron chi connectivity index (χ2n) is 5.92. The summed E-state index contributed by atoms with van der Waals surface area (Å²) in [6.45, 7) is 12.7. The molecule has 2 N–H and O–H groups in total. The van der Waals surface area contributed by atoms with E-state index >= 15 is 0 Å². The number of nitrogens with two attached hydrogens (primary N) is 1. The van der Waals surface area contributed by atoms with Crippen LogP contribution in [0, 0.1) is 13.8 Å². The lowest BCUT2D eigenvalue weighted by Crippen LogP contribution is -2.50. The molecular weight excluding hydrogens is 280 g/mol. The Labute approximate surface area is 133 Å². The molecular formula is C16H26N4S. The minimum Gasteiger partial charge on any atom is -0.389 e. The van der Waals surface area contributed by atoms with Gasteiger partial charge in [0.25, 0.3) is 0 Å². The summed E-state index contributed by atoms with van der Waals surface area (Å²) in [4.78, 5) is 10.0. The molecule has 1 aliphatic rings. The number of aromatic nitrogens is 1. The Bertz CT molecular complexity index is 521. The summed E-state index contributed by atoms with van der Waals surface area (Å²) < 4.78 is 0. The summed E-state index contributed by atoms with van der Waals surface area (Å²) in [6, 6.07) is 2.70. The van der Waals surface area contributed by atoms with Crippen LogP contribution < -0.4 is 10.6 Å². The van der Waals surface area contributed by atoms with E-state index in [0.29, 0.717) is 11.0 Å². The van der Waals surface area contributed by atoms with Gasteiger partial charge in [-0.25, -0.2) is 4.98 Å². The van der Waals surface area contributed by atoms with Crippen LogP contribution in [-0.4, -0.2) is 47.1 Å². The van der Waals surface area contributed by atoms with Crippen molar-refractivity contribution in [2.45, 2.75) is 40.2 Å². The molecule has 5 heteroatoms. The van der Waals surface area contributed by atoms with Crippen LogP contribution >= 0.6 is 12.2 Å². The first-order chi connectivity index (χ1) is 9.93. The minimum absolute atomic E-state index is 0.444. The third-order valence-corrected chi connectivity index (χ3v) is 4.60. The fourth-order valence-electron chi connectivity index (χ4n) is 2.98. The lowest BCUT2D eigenvalue weighted by atomic mass is 10.1. The monoisotopic (exact) mass is 306 g/mol.